The van der Waals surface area contributed by atoms with E-state index in [4.69, 9.17) is 0 Å². The molecule has 1 saturated carbocycles. The quantitative estimate of drug-likeness (QED) is 0.768. The molecule has 2 aliphatic rings. The number of carbonyl (C=O) groups is 1. The number of nitrogens with zero attached hydrogens (tertiary/aromatic N) is 2. The van der Waals surface area contributed by atoms with Crippen molar-refractivity contribution in [2.75, 3.05) is 0 Å². The maximum absolute atomic E-state index is 12.3. The van der Waals surface area contributed by atoms with E-state index in [1.165, 1.54) is 43.0 Å². The first kappa shape index (κ1) is 17.2. The normalized spacial score (nSPS) is 21.1. The summed E-state index contributed by atoms with van der Waals surface area (Å²) in [6.07, 6.45) is 11.4. The zero-order valence-electron chi connectivity index (χ0n) is 15.2. The number of carbonyl (C=O) groups excluding carboxylic acids is 1. The molecule has 1 aromatic carbocycles. The fraction of sp³-hybridized carbons (Fsp3) is 0.333. The number of hydrogen-bond acceptors (Lipinski definition) is 3. The molecule has 5 heteroatoms. The standard InChI is InChI=1S/C21H23N3OS/c1-14-6-5-9-18(15(14)2)22-21-23-20(25)19(26-21)12-16-10-11-24(13-16)17-7-3-4-8-17/h5-6,9-13,17H,3-4,7-8H2,1-2H3,(H,22,23,25)/b19-12+. The average molecular weight is 366 g/mol. The SMILES string of the molecule is Cc1cccc(N=C2NC(=O)/C(=C\c3ccn(C4CCCC4)c3)S2)c1C. The van der Waals surface area contributed by atoms with Gasteiger partial charge in [0.25, 0.3) is 5.91 Å². The second kappa shape index (κ2) is 7.16. The Bertz CT molecular complexity index is 904. The van der Waals surface area contributed by atoms with Crippen molar-refractivity contribution in [2.24, 2.45) is 4.99 Å². The second-order valence-corrected chi connectivity index (χ2v) is 8.06. The van der Waals surface area contributed by atoms with Gasteiger partial charge in [0.15, 0.2) is 5.17 Å². The third-order valence-corrected chi connectivity index (χ3v) is 6.14. The van der Waals surface area contributed by atoms with Crippen LogP contribution < -0.4 is 5.32 Å². The third kappa shape index (κ3) is 3.49. The highest BCUT2D eigenvalue weighted by Gasteiger charge is 2.24. The minimum atomic E-state index is -0.0762. The second-order valence-electron chi connectivity index (χ2n) is 7.03. The van der Waals surface area contributed by atoms with Crippen LogP contribution in [0.4, 0.5) is 5.69 Å². The summed E-state index contributed by atoms with van der Waals surface area (Å²) < 4.78 is 2.29. The lowest BCUT2D eigenvalue weighted by molar-refractivity contribution is -0.115. The van der Waals surface area contributed by atoms with Crippen molar-refractivity contribution in [2.45, 2.75) is 45.6 Å². The molecule has 1 aliphatic heterocycles. The Morgan fingerprint density at radius 3 is 2.85 bits per heavy atom. The Morgan fingerprint density at radius 2 is 2.04 bits per heavy atom. The van der Waals surface area contributed by atoms with E-state index in [0.29, 0.717) is 16.1 Å². The van der Waals surface area contributed by atoms with Crippen LogP contribution in [-0.2, 0) is 4.79 Å². The highest BCUT2D eigenvalue weighted by molar-refractivity contribution is 8.18. The number of thioether (sulfide) groups is 1. The average Bonchev–Trinajstić information content (AvgIpc) is 3.34. The molecule has 1 aliphatic carbocycles. The Hall–Kier alpha value is -2.27. The van der Waals surface area contributed by atoms with Crippen LogP contribution in [0.2, 0.25) is 0 Å². The van der Waals surface area contributed by atoms with Crippen molar-refractivity contribution < 1.29 is 4.79 Å². The van der Waals surface area contributed by atoms with E-state index in [1.807, 2.05) is 18.2 Å². The van der Waals surface area contributed by atoms with Crippen LogP contribution in [-0.4, -0.2) is 15.6 Å². The maximum atomic E-state index is 12.3. The summed E-state index contributed by atoms with van der Waals surface area (Å²) in [5.41, 5.74) is 4.31. The topological polar surface area (TPSA) is 46.4 Å². The van der Waals surface area contributed by atoms with Crippen molar-refractivity contribution >= 4 is 34.6 Å². The zero-order chi connectivity index (χ0) is 18.1. The number of hydrogen-bond donors (Lipinski definition) is 1. The van der Waals surface area contributed by atoms with Gasteiger partial charge in [-0.25, -0.2) is 4.99 Å². The van der Waals surface area contributed by atoms with Gasteiger partial charge in [-0.15, -0.1) is 0 Å². The third-order valence-electron chi connectivity index (χ3n) is 5.23. The molecule has 2 heterocycles. The molecule has 0 bridgehead atoms. The Labute approximate surface area is 158 Å². The fourth-order valence-electron chi connectivity index (χ4n) is 3.54. The van der Waals surface area contributed by atoms with Gasteiger partial charge in [-0.05, 0) is 73.4 Å². The number of benzene rings is 1. The lowest BCUT2D eigenvalue weighted by Crippen LogP contribution is -2.19. The van der Waals surface area contributed by atoms with E-state index < -0.39 is 0 Å². The fourth-order valence-corrected chi connectivity index (χ4v) is 4.38. The molecule has 0 radical (unpaired) electrons. The maximum Gasteiger partial charge on any atom is 0.264 e. The van der Waals surface area contributed by atoms with Crippen LogP contribution in [0.5, 0.6) is 0 Å². The summed E-state index contributed by atoms with van der Waals surface area (Å²) >= 11 is 1.41. The van der Waals surface area contributed by atoms with E-state index in [9.17, 15) is 4.79 Å². The first-order valence-corrected chi connectivity index (χ1v) is 9.95. The van der Waals surface area contributed by atoms with Gasteiger partial charge in [-0.2, -0.15) is 0 Å². The molecule has 2 aromatic rings. The van der Waals surface area contributed by atoms with Gasteiger partial charge in [0.05, 0.1) is 10.6 Å². The van der Waals surface area contributed by atoms with Crippen molar-refractivity contribution in [3.63, 3.8) is 0 Å². The molecule has 134 valence electrons. The van der Waals surface area contributed by atoms with Gasteiger partial charge in [0.1, 0.15) is 0 Å². The molecule has 0 spiro atoms. The minimum absolute atomic E-state index is 0.0762. The van der Waals surface area contributed by atoms with E-state index in [2.05, 4.69) is 53.3 Å². The predicted octanol–water partition coefficient (Wildman–Crippen LogP) is 5.11. The minimum Gasteiger partial charge on any atom is -0.351 e. The zero-order valence-corrected chi connectivity index (χ0v) is 16.0. The molecule has 1 N–H and O–H groups in total. The summed E-state index contributed by atoms with van der Waals surface area (Å²) in [7, 11) is 0. The van der Waals surface area contributed by atoms with Gasteiger partial charge >= 0.3 is 0 Å². The summed E-state index contributed by atoms with van der Waals surface area (Å²) in [4.78, 5) is 17.6. The number of nitrogens with one attached hydrogen (secondary N) is 1. The number of aromatic nitrogens is 1. The van der Waals surface area contributed by atoms with Crippen LogP contribution in [0, 0.1) is 13.8 Å². The molecular weight excluding hydrogens is 342 g/mol. The highest BCUT2D eigenvalue weighted by Crippen LogP contribution is 2.32. The van der Waals surface area contributed by atoms with E-state index in [-0.39, 0.29) is 5.91 Å². The Kier molecular flexibility index (Phi) is 4.72. The molecule has 1 aromatic heterocycles. The van der Waals surface area contributed by atoms with Crippen molar-refractivity contribution in [3.8, 4) is 0 Å². The monoisotopic (exact) mass is 365 g/mol. The lowest BCUT2D eigenvalue weighted by atomic mass is 10.1. The molecule has 26 heavy (non-hydrogen) atoms. The summed E-state index contributed by atoms with van der Waals surface area (Å²) in [6, 6.07) is 8.74. The molecule has 1 saturated heterocycles. The van der Waals surface area contributed by atoms with Gasteiger partial charge < -0.3 is 9.88 Å². The Morgan fingerprint density at radius 1 is 1.23 bits per heavy atom. The first-order chi connectivity index (χ1) is 12.6. The summed E-state index contributed by atoms with van der Waals surface area (Å²) in [5, 5.41) is 3.52. The molecule has 4 nitrogen and oxygen atoms in total. The lowest BCUT2D eigenvalue weighted by Gasteiger charge is -2.10. The van der Waals surface area contributed by atoms with E-state index in [0.717, 1.165) is 16.8 Å². The van der Waals surface area contributed by atoms with Crippen LogP contribution in [0.25, 0.3) is 6.08 Å². The molecule has 2 fully saturated rings. The first-order valence-electron chi connectivity index (χ1n) is 9.13. The number of rotatable bonds is 3. The van der Waals surface area contributed by atoms with Crippen LogP contribution >= 0.6 is 11.8 Å². The molecule has 4 rings (SSSR count). The Balaban J connectivity index is 1.53. The largest absolute Gasteiger partial charge is 0.351 e. The van der Waals surface area contributed by atoms with E-state index >= 15 is 0 Å². The van der Waals surface area contributed by atoms with Crippen molar-refractivity contribution in [1.29, 1.82) is 0 Å². The van der Waals surface area contributed by atoms with E-state index in [1.54, 1.807) is 0 Å². The highest BCUT2D eigenvalue weighted by atomic mass is 32.2. The van der Waals surface area contributed by atoms with Crippen LogP contribution in [0.15, 0.2) is 46.6 Å². The molecule has 1 amide bonds. The molecule has 0 atom stereocenters. The number of aliphatic imine (C=N–C) groups is 1. The van der Waals surface area contributed by atoms with Gasteiger partial charge in [-0.1, -0.05) is 25.0 Å². The number of amidine groups is 1. The van der Waals surface area contributed by atoms with Gasteiger partial charge in [0.2, 0.25) is 0 Å². The smallest absolute Gasteiger partial charge is 0.264 e. The van der Waals surface area contributed by atoms with Gasteiger partial charge in [-0.3, -0.25) is 4.79 Å². The van der Waals surface area contributed by atoms with Crippen LogP contribution in [0.1, 0.15) is 48.4 Å². The number of amides is 1. The summed E-state index contributed by atoms with van der Waals surface area (Å²) in [6.45, 7) is 4.12. The molecular formula is C21H23N3OS. The number of aryl methyl sites for hydroxylation is 1. The van der Waals surface area contributed by atoms with Crippen molar-refractivity contribution in [1.82, 2.24) is 9.88 Å². The summed E-state index contributed by atoms with van der Waals surface area (Å²) in [5.74, 6) is -0.0762. The van der Waals surface area contributed by atoms with Gasteiger partial charge in [0, 0.05) is 18.4 Å². The molecule has 0 unspecified atom stereocenters. The predicted molar refractivity (Wildman–Crippen MR) is 109 cm³/mol. The van der Waals surface area contributed by atoms with Crippen molar-refractivity contribution in [3.05, 3.63) is 58.3 Å². The van der Waals surface area contributed by atoms with Crippen LogP contribution in [0.3, 0.4) is 0 Å².